The molecule has 0 saturated heterocycles. The molecular weight excluding hydrogens is 351 g/mol. The second-order valence-electron chi connectivity index (χ2n) is 5.23. The maximum Gasteiger partial charge on any atom is 0.418 e. The Labute approximate surface area is 128 Å². The highest BCUT2D eigenvalue weighted by Crippen LogP contribution is 2.37. The van der Waals surface area contributed by atoms with Crippen molar-refractivity contribution in [2.75, 3.05) is 5.32 Å². The van der Waals surface area contributed by atoms with Crippen molar-refractivity contribution >= 4 is 27.6 Å². The summed E-state index contributed by atoms with van der Waals surface area (Å²) >= 11 is 3.16. The zero-order valence-corrected chi connectivity index (χ0v) is 12.7. The van der Waals surface area contributed by atoms with Crippen LogP contribution >= 0.6 is 15.9 Å². The van der Waals surface area contributed by atoms with Gasteiger partial charge in [0.25, 0.3) is 0 Å². The quantitative estimate of drug-likeness (QED) is 0.827. The van der Waals surface area contributed by atoms with E-state index in [0.717, 1.165) is 6.07 Å². The maximum atomic E-state index is 13.0. The van der Waals surface area contributed by atoms with Crippen molar-refractivity contribution in [3.05, 3.63) is 28.2 Å². The maximum absolute atomic E-state index is 13.0. The van der Waals surface area contributed by atoms with Gasteiger partial charge in [-0.1, -0.05) is 22.4 Å². The zero-order valence-electron chi connectivity index (χ0n) is 11.1. The van der Waals surface area contributed by atoms with Gasteiger partial charge in [-0.05, 0) is 37.5 Å². The van der Waals surface area contributed by atoms with Crippen molar-refractivity contribution in [2.24, 2.45) is 5.92 Å². The lowest BCUT2D eigenvalue weighted by Gasteiger charge is -2.29. The molecule has 3 nitrogen and oxygen atoms in total. The van der Waals surface area contributed by atoms with Crippen molar-refractivity contribution < 1.29 is 23.1 Å². The summed E-state index contributed by atoms with van der Waals surface area (Å²) in [4.78, 5) is 11.0. The third-order valence-corrected chi connectivity index (χ3v) is 4.16. The molecule has 0 amide bonds. The Bertz CT molecular complexity index is 533. The largest absolute Gasteiger partial charge is 0.481 e. The summed E-state index contributed by atoms with van der Waals surface area (Å²) in [6.45, 7) is 0. The molecule has 0 spiro atoms. The highest BCUT2D eigenvalue weighted by molar-refractivity contribution is 9.10. The van der Waals surface area contributed by atoms with Crippen LogP contribution in [0.1, 0.15) is 31.2 Å². The first-order chi connectivity index (χ1) is 9.77. The molecule has 1 aliphatic carbocycles. The first kappa shape index (κ1) is 16.1. The molecule has 1 saturated carbocycles. The van der Waals surface area contributed by atoms with Crippen molar-refractivity contribution in [2.45, 2.75) is 37.9 Å². The Morgan fingerprint density at radius 3 is 2.67 bits per heavy atom. The minimum atomic E-state index is -4.44. The van der Waals surface area contributed by atoms with Gasteiger partial charge < -0.3 is 10.4 Å². The molecule has 0 bridgehead atoms. The normalized spacial score (nSPS) is 22.9. The summed E-state index contributed by atoms with van der Waals surface area (Å²) in [5, 5.41) is 11.9. The van der Waals surface area contributed by atoms with Crippen LogP contribution in [-0.2, 0) is 11.0 Å². The van der Waals surface area contributed by atoms with Crippen LogP contribution < -0.4 is 5.32 Å². The van der Waals surface area contributed by atoms with E-state index in [9.17, 15) is 18.0 Å². The second-order valence-corrected chi connectivity index (χ2v) is 6.15. The first-order valence-corrected chi connectivity index (χ1v) is 7.43. The molecule has 0 aliphatic heterocycles. The van der Waals surface area contributed by atoms with Gasteiger partial charge in [0.05, 0.1) is 11.5 Å². The van der Waals surface area contributed by atoms with Crippen LogP contribution in [0.5, 0.6) is 0 Å². The zero-order chi connectivity index (χ0) is 15.6. The highest BCUT2D eigenvalue weighted by atomic mass is 79.9. The summed E-state index contributed by atoms with van der Waals surface area (Å²) in [6, 6.07) is 3.49. The lowest BCUT2D eigenvalue weighted by molar-refractivity contribution is -0.143. The Balaban J connectivity index is 2.19. The van der Waals surface area contributed by atoms with Crippen molar-refractivity contribution in [1.29, 1.82) is 0 Å². The minimum absolute atomic E-state index is 0.00656. The van der Waals surface area contributed by atoms with Crippen LogP contribution in [0.15, 0.2) is 22.7 Å². The molecule has 2 rings (SSSR count). The van der Waals surface area contributed by atoms with E-state index in [0.29, 0.717) is 30.2 Å². The molecule has 0 aromatic heterocycles. The van der Waals surface area contributed by atoms with Crippen LogP contribution in [-0.4, -0.2) is 17.1 Å². The lowest BCUT2D eigenvalue weighted by atomic mass is 9.85. The highest BCUT2D eigenvalue weighted by Gasteiger charge is 2.35. The van der Waals surface area contributed by atoms with Gasteiger partial charge in [0.15, 0.2) is 0 Å². The van der Waals surface area contributed by atoms with Crippen molar-refractivity contribution in [1.82, 2.24) is 0 Å². The van der Waals surface area contributed by atoms with E-state index < -0.39 is 23.6 Å². The Hall–Kier alpha value is -1.24. The Morgan fingerprint density at radius 2 is 2.05 bits per heavy atom. The third-order valence-electron chi connectivity index (χ3n) is 3.67. The van der Waals surface area contributed by atoms with Crippen molar-refractivity contribution in [3.8, 4) is 0 Å². The number of halogens is 4. The van der Waals surface area contributed by atoms with Crippen LogP contribution in [0.4, 0.5) is 18.9 Å². The summed E-state index contributed by atoms with van der Waals surface area (Å²) < 4.78 is 39.5. The summed E-state index contributed by atoms with van der Waals surface area (Å²) in [6.07, 6.45) is -2.14. The molecule has 2 unspecified atom stereocenters. The van der Waals surface area contributed by atoms with E-state index >= 15 is 0 Å². The van der Waals surface area contributed by atoms with Gasteiger partial charge in [-0.15, -0.1) is 0 Å². The first-order valence-electron chi connectivity index (χ1n) is 6.63. The number of aliphatic carboxylic acids is 1. The summed E-state index contributed by atoms with van der Waals surface area (Å²) in [5.74, 6) is -1.37. The van der Waals surface area contributed by atoms with E-state index in [1.807, 2.05) is 0 Å². The molecule has 0 heterocycles. The van der Waals surface area contributed by atoms with Crippen LogP contribution in [0.3, 0.4) is 0 Å². The molecule has 7 heteroatoms. The standard InChI is InChI=1S/C14H15BrF3NO2/c15-9-4-5-11(14(16,17)18)12(7-9)19-10-3-1-2-8(6-10)13(20)21/h4-5,7-8,10,19H,1-3,6H2,(H,20,21). The van der Waals surface area contributed by atoms with E-state index in [1.165, 1.54) is 12.1 Å². The number of carboxylic acids is 1. The van der Waals surface area contributed by atoms with E-state index in [2.05, 4.69) is 21.2 Å². The molecule has 2 N–H and O–H groups in total. The molecule has 1 aromatic rings. The van der Waals surface area contributed by atoms with Gasteiger partial charge in [0, 0.05) is 16.2 Å². The molecule has 1 aromatic carbocycles. The molecule has 2 atom stereocenters. The molecule has 21 heavy (non-hydrogen) atoms. The fourth-order valence-electron chi connectivity index (χ4n) is 2.65. The molecule has 1 aliphatic rings. The topological polar surface area (TPSA) is 49.3 Å². The number of carbonyl (C=O) groups is 1. The Kier molecular flexibility index (Phi) is 4.81. The van der Waals surface area contributed by atoms with Crippen LogP contribution in [0, 0.1) is 5.92 Å². The molecule has 116 valence electrons. The number of benzene rings is 1. The van der Waals surface area contributed by atoms with Crippen LogP contribution in [0.2, 0.25) is 0 Å². The van der Waals surface area contributed by atoms with Gasteiger partial charge in [-0.2, -0.15) is 13.2 Å². The Morgan fingerprint density at radius 1 is 1.33 bits per heavy atom. The van der Waals surface area contributed by atoms with Gasteiger partial charge >= 0.3 is 12.1 Å². The molecule has 0 radical (unpaired) electrons. The summed E-state index contributed by atoms with van der Waals surface area (Å²) in [7, 11) is 0. The predicted molar refractivity (Wildman–Crippen MR) is 76.1 cm³/mol. The van der Waals surface area contributed by atoms with Gasteiger partial charge in [0.2, 0.25) is 0 Å². The SMILES string of the molecule is O=C(O)C1CCCC(Nc2cc(Br)ccc2C(F)(F)F)C1. The van der Waals surface area contributed by atoms with Gasteiger partial charge in [-0.3, -0.25) is 4.79 Å². The predicted octanol–water partition coefficient (Wildman–Crippen LogP) is 4.52. The molecular formula is C14H15BrF3NO2. The van der Waals surface area contributed by atoms with Gasteiger partial charge in [-0.25, -0.2) is 0 Å². The number of carboxylic acid groups (broad SMARTS) is 1. The molecule has 1 fully saturated rings. The summed E-state index contributed by atoms with van der Waals surface area (Å²) in [5.41, 5.74) is -0.740. The number of rotatable bonds is 3. The third kappa shape index (κ3) is 4.12. The monoisotopic (exact) mass is 365 g/mol. The second kappa shape index (κ2) is 6.25. The minimum Gasteiger partial charge on any atom is -0.481 e. The fraction of sp³-hybridized carbons (Fsp3) is 0.500. The number of hydrogen-bond acceptors (Lipinski definition) is 2. The fourth-order valence-corrected chi connectivity index (χ4v) is 3.01. The lowest BCUT2D eigenvalue weighted by Crippen LogP contribution is -2.31. The average Bonchev–Trinajstić information content (AvgIpc) is 2.37. The number of nitrogens with one attached hydrogen (secondary N) is 1. The van der Waals surface area contributed by atoms with Crippen LogP contribution in [0.25, 0.3) is 0 Å². The van der Waals surface area contributed by atoms with Crippen molar-refractivity contribution in [3.63, 3.8) is 0 Å². The number of alkyl halides is 3. The number of hydrogen-bond donors (Lipinski definition) is 2. The van der Waals surface area contributed by atoms with E-state index in [4.69, 9.17) is 5.11 Å². The number of anilines is 1. The van der Waals surface area contributed by atoms with Gasteiger partial charge in [0.1, 0.15) is 0 Å². The smallest absolute Gasteiger partial charge is 0.418 e. The van der Waals surface area contributed by atoms with E-state index in [1.54, 1.807) is 0 Å². The van der Waals surface area contributed by atoms with E-state index in [-0.39, 0.29) is 11.7 Å². The average molecular weight is 366 g/mol.